The normalized spacial score (nSPS) is 12.1. The number of nitrogens with one attached hydrogen (secondary N) is 2. The molecule has 6 heteroatoms. The van der Waals surface area contributed by atoms with E-state index in [-0.39, 0.29) is 18.2 Å². The quantitative estimate of drug-likeness (QED) is 0.613. The molecular formula is C16H20N2O4. The minimum atomic E-state index is -0.925. The van der Waals surface area contributed by atoms with Crippen molar-refractivity contribution in [3.63, 3.8) is 0 Å². The minimum absolute atomic E-state index is 0.200. The van der Waals surface area contributed by atoms with Crippen molar-refractivity contribution in [3.05, 3.63) is 47.5 Å². The summed E-state index contributed by atoms with van der Waals surface area (Å²) in [5.41, 5.74) is 1.69. The van der Waals surface area contributed by atoms with Gasteiger partial charge in [-0.1, -0.05) is 24.3 Å². The van der Waals surface area contributed by atoms with Crippen LogP contribution in [0.4, 0.5) is 0 Å². The van der Waals surface area contributed by atoms with Gasteiger partial charge in [-0.2, -0.15) is 0 Å². The molecule has 1 aromatic rings. The number of amides is 1. The summed E-state index contributed by atoms with van der Waals surface area (Å²) in [5.74, 6) is -1.49. The van der Waals surface area contributed by atoms with Gasteiger partial charge in [-0.15, -0.1) is 0 Å². The van der Waals surface area contributed by atoms with Crippen LogP contribution in [-0.2, 0) is 27.3 Å². The Hall–Kier alpha value is -2.47. The molecule has 0 unspecified atom stereocenters. The Balaban J connectivity index is 2.73. The monoisotopic (exact) mass is 304 g/mol. The molecule has 6 nitrogen and oxygen atoms in total. The fourth-order valence-corrected chi connectivity index (χ4v) is 1.90. The van der Waals surface area contributed by atoms with E-state index in [1.807, 2.05) is 24.3 Å². The summed E-state index contributed by atoms with van der Waals surface area (Å²) < 4.78 is 0. The first-order valence-corrected chi connectivity index (χ1v) is 6.87. The summed E-state index contributed by atoms with van der Waals surface area (Å²) >= 11 is 0. The highest BCUT2D eigenvalue weighted by atomic mass is 16.4. The predicted molar refractivity (Wildman–Crippen MR) is 82.3 cm³/mol. The smallest absolute Gasteiger partial charge is 0.321 e. The third-order valence-corrected chi connectivity index (χ3v) is 3.11. The summed E-state index contributed by atoms with van der Waals surface area (Å²) in [6.07, 6.45) is 2.70. The van der Waals surface area contributed by atoms with Crippen molar-refractivity contribution in [2.24, 2.45) is 0 Å². The van der Waals surface area contributed by atoms with Crippen LogP contribution in [0.3, 0.4) is 0 Å². The van der Waals surface area contributed by atoms with Crippen LogP contribution in [0.5, 0.6) is 0 Å². The molecule has 22 heavy (non-hydrogen) atoms. The van der Waals surface area contributed by atoms with Crippen LogP contribution in [0.1, 0.15) is 18.1 Å². The number of allylic oxidation sites excluding steroid dienone is 1. The molecule has 0 aliphatic carbocycles. The number of hydrogen-bond donors (Lipinski definition) is 3. The van der Waals surface area contributed by atoms with Gasteiger partial charge in [0.25, 0.3) is 0 Å². The van der Waals surface area contributed by atoms with Crippen LogP contribution in [0, 0.1) is 0 Å². The van der Waals surface area contributed by atoms with Crippen LogP contribution < -0.4 is 10.6 Å². The first-order chi connectivity index (χ1) is 10.4. The van der Waals surface area contributed by atoms with Crippen molar-refractivity contribution in [2.75, 3.05) is 7.05 Å². The Kier molecular flexibility index (Phi) is 6.98. The second kappa shape index (κ2) is 8.74. The second-order valence-electron chi connectivity index (χ2n) is 4.81. The Bertz CT molecular complexity index is 581. The van der Waals surface area contributed by atoms with Gasteiger partial charge in [0.1, 0.15) is 6.04 Å². The fraction of sp³-hybridized carbons (Fsp3) is 0.312. The van der Waals surface area contributed by atoms with Crippen molar-refractivity contribution >= 4 is 17.7 Å². The van der Waals surface area contributed by atoms with E-state index in [0.29, 0.717) is 6.42 Å². The summed E-state index contributed by atoms with van der Waals surface area (Å²) in [5, 5.41) is 14.5. The van der Waals surface area contributed by atoms with E-state index in [1.165, 1.54) is 19.1 Å². The van der Waals surface area contributed by atoms with Crippen molar-refractivity contribution in [1.29, 1.82) is 0 Å². The number of carbonyl (C=O) groups excluding carboxylic acids is 2. The Morgan fingerprint density at radius 3 is 2.36 bits per heavy atom. The van der Waals surface area contributed by atoms with E-state index >= 15 is 0 Å². The van der Waals surface area contributed by atoms with Gasteiger partial charge in [-0.3, -0.25) is 14.4 Å². The topological polar surface area (TPSA) is 95.5 Å². The first kappa shape index (κ1) is 17.6. The summed E-state index contributed by atoms with van der Waals surface area (Å²) in [6.45, 7) is 1.64. The third kappa shape index (κ3) is 5.88. The maximum absolute atomic E-state index is 11.6. The minimum Gasteiger partial charge on any atom is -0.480 e. The molecule has 0 bridgehead atoms. The van der Waals surface area contributed by atoms with Crippen molar-refractivity contribution in [3.8, 4) is 0 Å². The number of carbonyl (C=O) groups is 3. The number of ketones is 1. The summed E-state index contributed by atoms with van der Waals surface area (Å²) in [7, 11) is 1.59. The standard InChI is InChI=1S/C16H20N2O4/c1-11(19)7-8-15(20)18-10-13-6-4-3-5-12(13)9-14(17-2)16(21)22/h3-8,14,17H,9-10H2,1-2H3,(H,18,20)(H,21,22)/b8-7+/t14-/m1/s1. The zero-order valence-corrected chi connectivity index (χ0v) is 12.6. The molecule has 118 valence electrons. The van der Waals surface area contributed by atoms with E-state index in [0.717, 1.165) is 11.1 Å². The lowest BCUT2D eigenvalue weighted by atomic mass is 10.00. The molecule has 1 rings (SSSR count). The lowest BCUT2D eigenvalue weighted by molar-refractivity contribution is -0.139. The molecule has 0 heterocycles. The Morgan fingerprint density at radius 1 is 1.18 bits per heavy atom. The summed E-state index contributed by atoms with van der Waals surface area (Å²) in [6, 6.07) is 6.63. The summed E-state index contributed by atoms with van der Waals surface area (Å²) in [4.78, 5) is 33.4. The van der Waals surface area contributed by atoms with Gasteiger partial charge in [0.15, 0.2) is 5.78 Å². The number of likely N-dealkylation sites (N-methyl/N-ethyl adjacent to an activating group) is 1. The lowest BCUT2D eigenvalue weighted by Gasteiger charge is -2.14. The zero-order chi connectivity index (χ0) is 16.5. The highest BCUT2D eigenvalue weighted by Crippen LogP contribution is 2.11. The second-order valence-corrected chi connectivity index (χ2v) is 4.81. The van der Waals surface area contributed by atoms with E-state index in [4.69, 9.17) is 5.11 Å². The van der Waals surface area contributed by atoms with Gasteiger partial charge in [0, 0.05) is 12.6 Å². The maximum Gasteiger partial charge on any atom is 0.321 e. The molecule has 0 aliphatic heterocycles. The highest BCUT2D eigenvalue weighted by molar-refractivity contribution is 5.96. The highest BCUT2D eigenvalue weighted by Gasteiger charge is 2.16. The Morgan fingerprint density at radius 2 is 1.82 bits per heavy atom. The number of carboxylic acid groups (broad SMARTS) is 1. The van der Waals surface area contributed by atoms with E-state index in [1.54, 1.807) is 7.05 Å². The molecular weight excluding hydrogens is 284 g/mol. The van der Waals surface area contributed by atoms with Crippen LogP contribution in [-0.4, -0.2) is 35.9 Å². The van der Waals surface area contributed by atoms with Crippen molar-refractivity contribution in [1.82, 2.24) is 10.6 Å². The van der Waals surface area contributed by atoms with Gasteiger partial charge < -0.3 is 15.7 Å². The van der Waals surface area contributed by atoms with Crippen molar-refractivity contribution < 1.29 is 19.5 Å². The zero-order valence-electron chi connectivity index (χ0n) is 12.6. The van der Waals surface area contributed by atoms with Gasteiger partial charge in [-0.05, 0) is 37.6 Å². The first-order valence-electron chi connectivity index (χ1n) is 6.87. The van der Waals surface area contributed by atoms with Crippen LogP contribution >= 0.6 is 0 Å². The maximum atomic E-state index is 11.6. The third-order valence-electron chi connectivity index (χ3n) is 3.11. The largest absolute Gasteiger partial charge is 0.480 e. The van der Waals surface area contributed by atoms with Gasteiger partial charge in [0.2, 0.25) is 5.91 Å². The van der Waals surface area contributed by atoms with Crippen LogP contribution in [0.25, 0.3) is 0 Å². The molecule has 1 amide bonds. The molecule has 0 aliphatic rings. The molecule has 0 radical (unpaired) electrons. The number of hydrogen-bond acceptors (Lipinski definition) is 4. The van der Waals surface area contributed by atoms with Crippen molar-refractivity contribution in [2.45, 2.75) is 25.9 Å². The number of carboxylic acids is 1. The Labute approximate surface area is 129 Å². The average Bonchev–Trinajstić information content (AvgIpc) is 2.49. The molecule has 3 N–H and O–H groups in total. The van der Waals surface area contributed by atoms with E-state index in [2.05, 4.69) is 10.6 Å². The van der Waals surface area contributed by atoms with E-state index in [9.17, 15) is 14.4 Å². The number of rotatable bonds is 8. The van der Waals surface area contributed by atoms with E-state index < -0.39 is 12.0 Å². The van der Waals surface area contributed by atoms with Gasteiger partial charge >= 0.3 is 5.97 Å². The van der Waals surface area contributed by atoms with Crippen LogP contribution in [0.15, 0.2) is 36.4 Å². The molecule has 1 aromatic carbocycles. The molecule has 0 fully saturated rings. The molecule has 0 saturated heterocycles. The molecule has 0 saturated carbocycles. The fourth-order valence-electron chi connectivity index (χ4n) is 1.90. The molecule has 0 aromatic heterocycles. The average molecular weight is 304 g/mol. The molecule has 0 spiro atoms. The number of benzene rings is 1. The predicted octanol–water partition coefficient (Wildman–Crippen LogP) is 0.663. The lowest BCUT2D eigenvalue weighted by Crippen LogP contribution is -2.36. The van der Waals surface area contributed by atoms with Crippen LogP contribution in [0.2, 0.25) is 0 Å². The van der Waals surface area contributed by atoms with Gasteiger partial charge in [0.05, 0.1) is 0 Å². The number of aliphatic carboxylic acids is 1. The SMILES string of the molecule is CN[C@H](Cc1ccccc1CNC(=O)/C=C/C(C)=O)C(=O)O. The van der Waals surface area contributed by atoms with Gasteiger partial charge in [-0.25, -0.2) is 0 Å². The molecule has 1 atom stereocenters.